The Morgan fingerprint density at radius 3 is 2.34 bits per heavy atom. The van der Waals surface area contributed by atoms with Crippen LogP contribution in [0.15, 0.2) is 42.5 Å². The van der Waals surface area contributed by atoms with E-state index < -0.39 is 23.8 Å². The van der Waals surface area contributed by atoms with Crippen LogP contribution in [0.1, 0.15) is 63.3 Å². The molecule has 2 aromatic rings. The Labute approximate surface area is 230 Å². The zero-order chi connectivity index (χ0) is 28.5. The summed E-state index contributed by atoms with van der Waals surface area (Å²) in [5.74, 6) is -0.0241. The van der Waals surface area contributed by atoms with Crippen molar-refractivity contribution in [3.8, 4) is 5.75 Å². The Morgan fingerprint density at radius 2 is 1.76 bits per heavy atom. The molecule has 0 saturated carbocycles. The van der Waals surface area contributed by atoms with Gasteiger partial charge in [-0.2, -0.15) is 11.8 Å². The van der Waals surface area contributed by atoms with Crippen molar-refractivity contribution < 1.29 is 24.2 Å². The average molecular weight is 544 g/mol. The third kappa shape index (κ3) is 8.97. The van der Waals surface area contributed by atoms with Gasteiger partial charge in [-0.1, -0.05) is 31.2 Å². The second kappa shape index (κ2) is 14.1. The minimum Gasteiger partial charge on any atom is -0.508 e. The molecule has 2 atom stereocenters. The third-order valence-electron chi connectivity index (χ3n) is 5.85. The van der Waals surface area contributed by atoms with Crippen LogP contribution in [-0.4, -0.2) is 58.1 Å². The van der Waals surface area contributed by atoms with Crippen LogP contribution in [0.2, 0.25) is 0 Å². The van der Waals surface area contributed by atoms with Crippen LogP contribution in [0.3, 0.4) is 0 Å². The second-order valence-electron chi connectivity index (χ2n) is 10.3. The first-order valence-corrected chi connectivity index (χ1v) is 14.2. The normalized spacial score (nSPS) is 12.8. The molecular weight excluding hydrogens is 502 g/mol. The molecule has 0 heterocycles. The number of nitrogens with zero attached hydrogens (tertiary/aromatic N) is 1. The lowest BCUT2D eigenvalue weighted by atomic mass is 9.99. The Hall–Kier alpha value is -3.20. The third-order valence-corrected chi connectivity index (χ3v) is 6.49. The first-order chi connectivity index (χ1) is 17.9. The molecule has 9 heteroatoms. The number of anilines is 1. The van der Waals surface area contributed by atoms with Crippen LogP contribution in [0.4, 0.5) is 10.5 Å². The van der Waals surface area contributed by atoms with Crippen molar-refractivity contribution in [3.05, 3.63) is 59.2 Å². The maximum atomic E-state index is 14.0. The Morgan fingerprint density at radius 1 is 1.08 bits per heavy atom. The fourth-order valence-corrected chi connectivity index (χ4v) is 4.46. The average Bonchev–Trinajstić information content (AvgIpc) is 2.83. The summed E-state index contributed by atoms with van der Waals surface area (Å²) in [7, 11) is 0. The number of carbonyl (C=O) groups is 3. The van der Waals surface area contributed by atoms with Gasteiger partial charge in [0.1, 0.15) is 23.4 Å². The summed E-state index contributed by atoms with van der Waals surface area (Å²) < 4.78 is 5.42. The molecular formula is C29H41N3O5S. The van der Waals surface area contributed by atoms with Crippen LogP contribution in [0.25, 0.3) is 0 Å². The molecule has 3 amide bonds. The molecule has 38 heavy (non-hydrogen) atoms. The summed E-state index contributed by atoms with van der Waals surface area (Å²) in [6.07, 6.45) is 2.21. The highest BCUT2D eigenvalue weighted by molar-refractivity contribution is 7.98. The number of hydrogen-bond acceptors (Lipinski definition) is 6. The first-order valence-electron chi connectivity index (χ1n) is 12.8. The SMILES string of the molecule is CCCN(C(=O)C(CCSC)NC(=O)OC(C)(C)C)C(C(=O)Nc1ccccc1C)c1ccc(O)c(C)c1. The minimum atomic E-state index is -0.987. The molecule has 0 aliphatic heterocycles. The number of thioether (sulfide) groups is 1. The molecule has 0 bridgehead atoms. The zero-order valence-corrected chi connectivity index (χ0v) is 24.3. The van der Waals surface area contributed by atoms with Gasteiger partial charge in [-0.05, 0) is 94.4 Å². The molecule has 0 fully saturated rings. The van der Waals surface area contributed by atoms with E-state index in [4.69, 9.17) is 4.74 Å². The minimum absolute atomic E-state index is 0.101. The summed E-state index contributed by atoms with van der Waals surface area (Å²) in [4.78, 5) is 42.0. The van der Waals surface area contributed by atoms with Gasteiger partial charge in [0.25, 0.3) is 5.91 Å². The van der Waals surface area contributed by atoms with Crippen molar-refractivity contribution in [2.24, 2.45) is 0 Å². The summed E-state index contributed by atoms with van der Waals surface area (Å²) in [6.45, 7) is 11.1. The molecule has 2 unspecified atom stereocenters. The van der Waals surface area contributed by atoms with Gasteiger partial charge in [0, 0.05) is 12.2 Å². The van der Waals surface area contributed by atoms with Crippen molar-refractivity contribution in [2.45, 2.75) is 72.1 Å². The zero-order valence-electron chi connectivity index (χ0n) is 23.5. The highest BCUT2D eigenvalue weighted by Crippen LogP contribution is 2.29. The predicted molar refractivity (Wildman–Crippen MR) is 154 cm³/mol. The molecule has 0 aliphatic carbocycles. The number of amides is 3. The molecule has 3 N–H and O–H groups in total. The van der Waals surface area contributed by atoms with Gasteiger partial charge < -0.3 is 25.4 Å². The topological polar surface area (TPSA) is 108 Å². The molecule has 8 nitrogen and oxygen atoms in total. The molecule has 0 radical (unpaired) electrons. The van der Waals surface area contributed by atoms with E-state index >= 15 is 0 Å². The van der Waals surface area contributed by atoms with Crippen LogP contribution < -0.4 is 10.6 Å². The first kappa shape index (κ1) is 31.0. The number of rotatable bonds is 11. The number of aromatic hydroxyl groups is 1. The fraction of sp³-hybridized carbons (Fsp3) is 0.483. The fourth-order valence-electron chi connectivity index (χ4n) is 3.99. The predicted octanol–water partition coefficient (Wildman–Crippen LogP) is 5.57. The smallest absolute Gasteiger partial charge is 0.408 e. The Kier molecular flexibility index (Phi) is 11.5. The Bertz CT molecular complexity index is 1120. The number of hydrogen-bond donors (Lipinski definition) is 3. The van der Waals surface area contributed by atoms with Crippen molar-refractivity contribution in [3.63, 3.8) is 0 Å². The molecule has 0 saturated heterocycles. The number of aryl methyl sites for hydroxylation is 2. The van der Waals surface area contributed by atoms with Crippen molar-refractivity contribution >= 4 is 35.4 Å². The largest absolute Gasteiger partial charge is 0.508 e. The highest BCUT2D eigenvalue weighted by atomic mass is 32.2. The van der Waals surface area contributed by atoms with E-state index in [1.807, 2.05) is 44.4 Å². The molecule has 0 spiro atoms. The number of ether oxygens (including phenoxy) is 1. The molecule has 208 valence electrons. The van der Waals surface area contributed by atoms with Crippen LogP contribution in [0, 0.1) is 13.8 Å². The highest BCUT2D eigenvalue weighted by Gasteiger charge is 2.36. The summed E-state index contributed by atoms with van der Waals surface area (Å²) >= 11 is 1.56. The number of alkyl carbamates (subject to hydrolysis) is 1. The van der Waals surface area contributed by atoms with Crippen LogP contribution >= 0.6 is 11.8 Å². The van der Waals surface area contributed by atoms with E-state index in [1.54, 1.807) is 51.6 Å². The second-order valence-corrected chi connectivity index (χ2v) is 11.3. The van der Waals surface area contributed by atoms with Crippen LogP contribution in [-0.2, 0) is 14.3 Å². The number of para-hydroxylation sites is 1. The lowest BCUT2D eigenvalue weighted by molar-refractivity contribution is -0.140. The van der Waals surface area contributed by atoms with Gasteiger partial charge in [-0.15, -0.1) is 0 Å². The lowest BCUT2D eigenvalue weighted by Crippen LogP contribution is -2.52. The monoisotopic (exact) mass is 543 g/mol. The van der Waals surface area contributed by atoms with Gasteiger partial charge in [0.2, 0.25) is 5.91 Å². The molecule has 0 aromatic heterocycles. The van der Waals surface area contributed by atoms with E-state index in [1.165, 1.54) is 11.0 Å². The standard InChI is InChI=1S/C29H41N3O5S/c1-8-16-32(27(35)23(15-17-38-7)31-28(36)37-29(4,5)6)25(21-13-14-24(33)20(3)18-21)26(34)30-22-12-10-9-11-19(22)2/h9-14,18,23,25,33H,8,15-17H2,1-7H3,(H,30,34)(H,31,36). The number of benzene rings is 2. The van der Waals surface area contributed by atoms with Gasteiger partial charge in [-0.3, -0.25) is 9.59 Å². The van der Waals surface area contributed by atoms with E-state index in [2.05, 4.69) is 10.6 Å². The number of phenolic OH excluding ortho intramolecular Hbond substituents is 1. The van der Waals surface area contributed by atoms with Gasteiger partial charge in [-0.25, -0.2) is 4.79 Å². The lowest BCUT2D eigenvalue weighted by Gasteiger charge is -2.34. The van der Waals surface area contributed by atoms with Crippen molar-refractivity contribution in [2.75, 3.05) is 23.9 Å². The van der Waals surface area contributed by atoms with Gasteiger partial charge in [0.05, 0.1) is 0 Å². The maximum Gasteiger partial charge on any atom is 0.408 e. The summed E-state index contributed by atoms with van der Waals surface area (Å²) in [6, 6.07) is 10.4. The summed E-state index contributed by atoms with van der Waals surface area (Å²) in [5.41, 5.74) is 1.96. The van der Waals surface area contributed by atoms with Gasteiger partial charge in [0.15, 0.2) is 0 Å². The molecule has 0 aliphatic rings. The van der Waals surface area contributed by atoms with E-state index in [9.17, 15) is 19.5 Å². The van der Waals surface area contributed by atoms with E-state index in [-0.39, 0.29) is 24.1 Å². The maximum absolute atomic E-state index is 14.0. The van der Waals surface area contributed by atoms with E-state index in [0.29, 0.717) is 35.4 Å². The Balaban J connectivity index is 2.52. The van der Waals surface area contributed by atoms with Crippen LogP contribution in [0.5, 0.6) is 5.75 Å². The molecule has 2 aromatic carbocycles. The quantitative estimate of drug-likeness (QED) is 0.342. The number of carbonyl (C=O) groups excluding carboxylic acids is 3. The van der Waals surface area contributed by atoms with Crippen molar-refractivity contribution in [1.82, 2.24) is 10.2 Å². The van der Waals surface area contributed by atoms with E-state index in [0.717, 1.165) is 5.56 Å². The number of nitrogens with one attached hydrogen (secondary N) is 2. The summed E-state index contributed by atoms with van der Waals surface area (Å²) in [5, 5.41) is 15.8. The van der Waals surface area contributed by atoms with Crippen molar-refractivity contribution in [1.29, 1.82) is 0 Å². The number of phenols is 1. The molecule has 2 rings (SSSR count). The van der Waals surface area contributed by atoms with Gasteiger partial charge >= 0.3 is 6.09 Å².